The molecule has 15 heavy (non-hydrogen) atoms. The molecule has 0 aliphatic rings. The number of halogens is 7. The Morgan fingerprint density at radius 2 is 1.73 bits per heavy atom. The van der Waals surface area contributed by atoms with Gasteiger partial charge >= 0.3 is 6.18 Å². The molecule has 0 aliphatic carbocycles. The first-order valence-corrected chi connectivity index (χ1v) is 4.75. The van der Waals surface area contributed by atoms with Crippen LogP contribution in [0.2, 0.25) is 5.02 Å². The zero-order valence-electron chi connectivity index (χ0n) is 6.88. The third-order valence-electron chi connectivity index (χ3n) is 1.61. The molecule has 0 saturated carbocycles. The number of alkyl halides is 5. The van der Waals surface area contributed by atoms with E-state index in [4.69, 9.17) is 11.6 Å². The van der Waals surface area contributed by atoms with Gasteiger partial charge in [-0.05, 0) is 28.1 Å². The molecule has 0 N–H and O–H groups in total. The quantitative estimate of drug-likeness (QED) is 0.636. The van der Waals surface area contributed by atoms with Gasteiger partial charge in [0.2, 0.25) is 0 Å². The van der Waals surface area contributed by atoms with Crippen LogP contribution in [0.25, 0.3) is 0 Å². The van der Waals surface area contributed by atoms with Gasteiger partial charge in [0.15, 0.2) is 0 Å². The molecule has 0 unspecified atom stereocenters. The lowest BCUT2D eigenvalue weighted by atomic mass is 10.1. The maximum Gasteiger partial charge on any atom is 0.417 e. The van der Waals surface area contributed by atoms with E-state index in [0.717, 1.165) is 6.07 Å². The van der Waals surface area contributed by atoms with Crippen molar-refractivity contribution >= 4 is 27.5 Å². The zero-order valence-corrected chi connectivity index (χ0v) is 9.22. The number of hydrogen-bond acceptors (Lipinski definition) is 0. The van der Waals surface area contributed by atoms with E-state index in [2.05, 4.69) is 15.9 Å². The first-order valence-electron chi connectivity index (χ1n) is 3.57. The van der Waals surface area contributed by atoms with Crippen molar-refractivity contribution in [2.24, 2.45) is 0 Å². The molecule has 0 amide bonds. The molecule has 1 aromatic rings. The zero-order chi connectivity index (χ0) is 11.8. The predicted molar refractivity (Wildman–Crippen MR) is 49.1 cm³/mol. The summed E-state index contributed by atoms with van der Waals surface area (Å²) in [6.45, 7) is 0. The molecule has 0 radical (unpaired) electrons. The van der Waals surface area contributed by atoms with Crippen LogP contribution in [0, 0.1) is 0 Å². The molecule has 0 nitrogen and oxygen atoms in total. The fourth-order valence-corrected chi connectivity index (χ4v) is 1.64. The van der Waals surface area contributed by atoms with Gasteiger partial charge in [0.25, 0.3) is 6.43 Å². The highest BCUT2D eigenvalue weighted by Gasteiger charge is 2.35. The molecule has 0 heterocycles. The van der Waals surface area contributed by atoms with Crippen molar-refractivity contribution in [1.29, 1.82) is 0 Å². The van der Waals surface area contributed by atoms with Crippen LogP contribution in [0.3, 0.4) is 0 Å². The standard InChI is InChI=1S/C8H3BrClF5/c9-5-2-3(7(11)12)1-4(6(5)10)8(13,14)15/h1-2,7H. The summed E-state index contributed by atoms with van der Waals surface area (Å²) in [6.07, 6.45) is -7.72. The minimum Gasteiger partial charge on any atom is -0.205 e. The highest BCUT2D eigenvalue weighted by atomic mass is 79.9. The summed E-state index contributed by atoms with van der Waals surface area (Å²) in [6, 6.07) is 1.21. The smallest absolute Gasteiger partial charge is 0.205 e. The Balaban J connectivity index is 3.38. The van der Waals surface area contributed by atoms with E-state index in [1.807, 2.05) is 0 Å². The Morgan fingerprint density at radius 1 is 1.20 bits per heavy atom. The van der Waals surface area contributed by atoms with Crippen molar-refractivity contribution in [3.05, 3.63) is 32.8 Å². The van der Waals surface area contributed by atoms with Gasteiger partial charge in [0.1, 0.15) is 0 Å². The second-order valence-corrected chi connectivity index (χ2v) is 3.90. The number of rotatable bonds is 1. The van der Waals surface area contributed by atoms with Crippen LogP contribution in [-0.2, 0) is 6.18 Å². The second kappa shape index (κ2) is 4.25. The van der Waals surface area contributed by atoms with Gasteiger partial charge in [-0.15, -0.1) is 0 Å². The van der Waals surface area contributed by atoms with Gasteiger partial charge in [-0.25, -0.2) is 8.78 Å². The monoisotopic (exact) mass is 308 g/mol. The van der Waals surface area contributed by atoms with E-state index in [9.17, 15) is 22.0 Å². The average Bonchev–Trinajstić information content (AvgIpc) is 2.06. The molecule has 0 spiro atoms. The molecule has 0 saturated heterocycles. The summed E-state index contributed by atoms with van der Waals surface area (Å²) in [5.41, 5.74) is -1.99. The highest BCUT2D eigenvalue weighted by molar-refractivity contribution is 9.10. The van der Waals surface area contributed by atoms with E-state index in [0.29, 0.717) is 6.07 Å². The van der Waals surface area contributed by atoms with E-state index < -0.39 is 28.8 Å². The largest absolute Gasteiger partial charge is 0.417 e. The third-order valence-corrected chi connectivity index (χ3v) is 2.87. The Bertz CT molecular complexity index is 374. The fraction of sp³-hybridized carbons (Fsp3) is 0.250. The molecule has 0 atom stereocenters. The molecule has 7 heteroatoms. The summed E-state index contributed by atoms with van der Waals surface area (Å²) in [5, 5.41) is -0.619. The van der Waals surface area contributed by atoms with Crippen LogP contribution in [0.15, 0.2) is 16.6 Å². The minimum absolute atomic E-state index is 0.200. The lowest BCUT2D eigenvalue weighted by molar-refractivity contribution is -0.137. The van der Waals surface area contributed by atoms with E-state index in [1.54, 1.807) is 0 Å². The molecular formula is C8H3BrClF5. The van der Waals surface area contributed by atoms with Gasteiger partial charge in [-0.3, -0.25) is 0 Å². The van der Waals surface area contributed by atoms with Crippen LogP contribution < -0.4 is 0 Å². The summed E-state index contributed by atoms with van der Waals surface area (Å²) in [7, 11) is 0. The summed E-state index contributed by atoms with van der Waals surface area (Å²) in [5.74, 6) is 0. The minimum atomic E-state index is -4.75. The predicted octanol–water partition coefficient (Wildman–Crippen LogP) is 5.06. The molecule has 0 aliphatic heterocycles. The molecule has 0 aromatic heterocycles. The second-order valence-electron chi connectivity index (χ2n) is 2.66. The van der Waals surface area contributed by atoms with E-state index >= 15 is 0 Å². The Hall–Kier alpha value is -0.360. The van der Waals surface area contributed by atoms with Gasteiger partial charge in [-0.2, -0.15) is 13.2 Å². The van der Waals surface area contributed by atoms with Gasteiger partial charge in [0.05, 0.1) is 10.6 Å². The third kappa shape index (κ3) is 2.81. The van der Waals surface area contributed by atoms with Crippen LogP contribution >= 0.6 is 27.5 Å². The van der Waals surface area contributed by atoms with Crippen molar-refractivity contribution in [2.45, 2.75) is 12.6 Å². The maximum atomic E-state index is 12.3. The summed E-state index contributed by atoms with van der Waals surface area (Å²) < 4.78 is 61.2. The average molecular weight is 309 g/mol. The molecule has 1 rings (SSSR count). The molecule has 84 valence electrons. The topological polar surface area (TPSA) is 0 Å². The Labute approximate surface area is 95.2 Å². The maximum absolute atomic E-state index is 12.3. The Kier molecular flexibility index (Phi) is 3.60. The fourth-order valence-electron chi connectivity index (χ4n) is 0.942. The molecule has 0 bridgehead atoms. The van der Waals surface area contributed by atoms with Crippen LogP contribution in [0.5, 0.6) is 0 Å². The summed E-state index contributed by atoms with van der Waals surface area (Å²) in [4.78, 5) is 0. The number of benzene rings is 1. The first-order chi connectivity index (χ1) is 6.73. The molecular weight excluding hydrogens is 306 g/mol. The van der Waals surface area contributed by atoms with E-state index in [1.165, 1.54) is 0 Å². The van der Waals surface area contributed by atoms with Crippen LogP contribution in [0.4, 0.5) is 22.0 Å². The normalized spacial score (nSPS) is 12.3. The van der Waals surface area contributed by atoms with Gasteiger partial charge < -0.3 is 0 Å². The summed E-state index contributed by atoms with van der Waals surface area (Å²) >= 11 is 8.04. The van der Waals surface area contributed by atoms with Crippen molar-refractivity contribution < 1.29 is 22.0 Å². The van der Waals surface area contributed by atoms with Crippen LogP contribution in [0.1, 0.15) is 17.6 Å². The first kappa shape index (κ1) is 12.7. The Morgan fingerprint density at radius 3 is 2.13 bits per heavy atom. The van der Waals surface area contributed by atoms with Crippen LogP contribution in [-0.4, -0.2) is 0 Å². The van der Waals surface area contributed by atoms with Crippen molar-refractivity contribution in [2.75, 3.05) is 0 Å². The highest BCUT2D eigenvalue weighted by Crippen LogP contribution is 2.40. The van der Waals surface area contributed by atoms with Crippen molar-refractivity contribution in [3.8, 4) is 0 Å². The van der Waals surface area contributed by atoms with Gasteiger partial charge in [-0.1, -0.05) is 11.6 Å². The lowest BCUT2D eigenvalue weighted by Crippen LogP contribution is -2.07. The number of hydrogen-bond donors (Lipinski definition) is 0. The lowest BCUT2D eigenvalue weighted by Gasteiger charge is -2.12. The van der Waals surface area contributed by atoms with Gasteiger partial charge in [0, 0.05) is 10.0 Å². The van der Waals surface area contributed by atoms with Crippen molar-refractivity contribution in [1.82, 2.24) is 0 Å². The van der Waals surface area contributed by atoms with Crippen molar-refractivity contribution in [3.63, 3.8) is 0 Å². The molecule has 1 aromatic carbocycles. The SMILES string of the molecule is FC(F)c1cc(Br)c(Cl)c(C(F)(F)F)c1. The molecule has 0 fully saturated rings. The van der Waals surface area contributed by atoms with E-state index in [-0.39, 0.29) is 4.47 Å².